The molecule has 1 N–H and O–H groups in total. The van der Waals surface area contributed by atoms with Gasteiger partial charge in [-0.05, 0) is 62.4 Å². The van der Waals surface area contributed by atoms with Crippen molar-refractivity contribution in [3.63, 3.8) is 0 Å². The highest BCUT2D eigenvalue weighted by Crippen LogP contribution is 2.26. The number of hydrogen-bond acceptors (Lipinski definition) is 2. The zero-order valence-electron chi connectivity index (χ0n) is 11.7. The molecular formula is C16H25NO. The maximum Gasteiger partial charge on any atom is 0.120 e. The summed E-state index contributed by atoms with van der Waals surface area (Å²) in [5, 5.41) is 3.21. The third-order valence-corrected chi connectivity index (χ3v) is 3.67. The summed E-state index contributed by atoms with van der Waals surface area (Å²) in [4.78, 5) is 0. The average molecular weight is 247 g/mol. The molecular weight excluding hydrogens is 222 g/mol. The van der Waals surface area contributed by atoms with Gasteiger partial charge in [-0.15, -0.1) is 0 Å². The first-order chi connectivity index (χ1) is 8.83. The highest BCUT2D eigenvalue weighted by atomic mass is 16.5. The Hall–Kier alpha value is -1.02. The molecule has 1 aliphatic carbocycles. The van der Waals surface area contributed by atoms with E-state index < -0.39 is 0 Å². The highest BCUT2D eigenvalue weighted by molar-refractivity contribution is 5.37. The summed E-state index contributed by atoms with van der Waals surface area (Å²) in [7, 11) is 1.98. The Morgan fingerprint density at radius 2 is 2.00 bits per heavy atom. The van der Waals surface area contributed by atoms with Crippen molar-refractivity contribution in [2.75, 3.05) is 13.6 Å². The number of likely N-dealkylation sites (N-methyl/N-ethyl adjacent to an activating group) is 1. The van der Waals surface area contributed by atoms with Crippen LogP contribution in [0, 0.1) is 0 Å². The maximum atomic E-state index is 6.10. The molecule has 0 saturated heterocycles. The maximum absolute atomic E-state index is 6.10. The van der Waals surface area contributed by atoms with Crippen molar-refractivity contribution in [2.24, 2.45) is 0 Å². The third kappa shape index (κ3) is 3.49. The third-order valence-electron chi connectivity index (χ3n) is 3.67. The normalized spacial score (nSPS) is 16.1. The fraction of sp³-hybridized carbons (Fsp3) is 0.625. The predicted molar refractivity (Wildman–Crippen MR) is 76.3 cm³/mol. The van der Waals surface area contributed by atoms with Crippen LogP contribution in [0.5, 0.6) is 5.75 Å². The van der Waals surface area contributed by atoms with Crippen LogP contribution in [-0.2, 0) is 12.8 Å². The van der Waals surface area contributed by atoms with Crippen molar-refractivity contribution in [1.82, 2.24) is 5.32 Å². The standard InChI is InChI=1S/C16H25NO/c1-3-6-16(12-17-2)18-15-10-9-13-7-4-5-8-14(13)11-15/h9-11,16-17H,3-8,12H2,1-2H3. The van der Waals surface area contributed by atoms with Crippen LogP contribution in [-0.4, -0.2) is 19.7 Å². The Morgan fingerprint density at radius 3 is 2.72 bits per heavy atom. The second-order valence-electron chi connectivity index (χ2n) is 5.22. The molecule has 0 amide bonds. The summed E-state index contributed by atoms with van der Waals surface area (Å²) in [6, 6.07) is 6.65. The Balaban J connectivity index is 2.03. The molecule has 0 saturated carbocycles. The monoisotopic (exact) mass is 247 g/mol. The van der Waals surface area contributed by atoms with Crippen LogP contribution >= 0.6 is 0 Å². The number of ether oxygens (including phenoxy) is 1. The molecule has 1 atom stereocenters. The second kappa shape index (κ2) is 6.79. The molecule has 0 heterocycles. The van der Waals surface area contributed by atoms with E-state index in [-0.39, 0.29) is 0 Å². The van der Waals surface area contributed by atoms with Crippen LogP contribution in [0.4, 0.5) is 0 Å². The number of hydrogen-bond donors (Lipinski definition) is 1. The first kappa shape index (κ1) is 13.4. The van der Waals surface area contributed by atoms with Crippen LogP contribution in [0.1, 0.15) is 43.7 Å². The van der Waals surface area contributed by atoms with Gasteiger partial charge in [0.1, 0.15) is 11.9 Å². The van der Waals surface area contributed by atoms with Gasteiger partial charge in [-0.25, -0.2) is 0 Å². The lowest BCUT2D eigenvalue weighted by Crippen LogP contribution is -2.29. The van der Waals surface area contributed by atoms with Crippen molar-refractivity contribution in [3.8, 4) is 5.75 Å². The fourth-order valence-electron chi connectivity index (χ4n) is 2.73. The molecule has 0 spiro atoms. The van der Waals surface area contributed by atoms with E-state index in [4.69, 9.17) is 4.74 Å². The Kier molecular flexibility index (Phi) is 5.06. The van der Waals surface area contributed by atoms with Crippen LogP contribution in [0.3, 0.4) is 0 Å². The molecule has 0 aliphatic heterocycles. The van der Waals surface area contributed by atoms with Gasteiger partial charge in [0, 0.05) is 6.54 Å². The molecule has 1 aromatic rings. The minimum atomic E-state index is 0.293. The van der Waals surface area contributed by atoms with E-state index in [1.807, 2.05) is 7.05 Å². The largest absolute Gasteiger partial charge is 0.489 e. The van der Waals surface area contributed by atoms with Gasteiger partial charge in [0.2, 0.25) is 0 Å². The molecule has 0 bridgehead atoms. The highest BCUT2D eigenvalue weighted by Gasteiger charge is 2.12. The first-order valence-corrected chi connectivity index (χ1v) is 7.26. The molecule has 1 aliphatic rings. The van der Waals surface area contributed by atoms with Crippen molar-refractivity contribution in [2.45, 2.75) is 51.6 Å². The minimum absolute atomic E-state index is 0.293. The first-order valence-electron chi connectivity index (χ1n) is 7.26. The Bertz CT molecular complexity index is 369. The Labute approximate surface area is 111 Å². The number of rotatable bonds is 6. The number of aryl methyl sites for hydroxylation is 2. The SMILES string of the molecule is CCCC(CNC)Oc1ccc2c(c1)CCCC2. The molecule has 2 nitrogen and oxygen atoms in total. The van der Waals surface area contributed by atoms with Crippen molar-refractivity contribution < 1.29 is 4.74 Å². The van der Waals surface area contributed by atoms with Gasteiger partial charge in [0.25, 0.3) is 0 Å². The zero-order valence-corrected chi connectivity index (χ0v) is 11.7. The summed E-state index contributed by atoms with van der Waals surface area (Å²) < 4.78 is 6.10. The molecule has 0 fully saturated rings. The quantitative estimate of drug-likeness (QED) is 0.832. The summed E-state index contributed by atoms with van der Waals surface area (Å²) in [5.74, 6) is 1.05. The summed E-state index contributed by atoms with van der Waals surface area (Å²) in [6.45, 7) is 3.13. The van der Waals surface area contributed by atoms with Gasteiger partial charge < -0.3 is 10.1 Å². The molecule has 0 aromatic heterocycles. The van der Waals surface area contributed by atoms with Gasteiger partial charge in [-0.1, -0.05) is 19.4 Å². The van der Waals surface area contributed by atoms with Crippen LogP contribution in [0.25, 0.3) is 0 Å². The van der Waals surface area contributed by atoms with E-state index >= 15 is 0 Å². The number of fused-ring (bicyclic) bond motifs is 1. The molecule has 1 aromatic carbocycles. The number of nitrogens with one attached hydrogen (secondary N) is 1. The van der Waals surface area contributed by atoms with Gasteiger partial charge in [-0.3, -0.25) is 0 Å². The van der Waals surface area contributed by atoms with E-state index in [1.165, 1.54) is 36.8 Å². The average Bonchev–Trinajstić information content (AvgIpc) is 2.39. The van der Waals surface area contributed by atoms with Crippen LogP contribution in [0.15, 0.2) is 18.2 Å². The molecule has 2 rings (SSSR count). The van der Waals surface area contributed by atoms with Crippen molar-refractivity contribution >= 4 is 0 Å². The number of benzene rings is 1. The van der Waals surface area contributed by atoms with Gasteiger partial charge in [-0.2, -0.15) is 0 Å². The van der Waals surface area contributed by atoms with Crippen LogP contribution in [0.2, 0.25) is 0 Å². The fourth-order valence-corrected chi connectivity index (χ4v) is 2.73. The van der Waals surface area contributed by atoms with E-state index in [9.17, 15) is 0 Å². The van der Waals surface area contributed by atoms with E-state index in [0.717, 1.165) is 25.1 Å². The lowest BCUT2D eigenvalue weighted by molar-refractivity contribution is 0.189. The molecule has 18 heavy (non-hydrogen) atoms. The van der Waals surface area contributed by atoms with Crippen molar-refractivity contribution in [3.05, 3.63) is 29.3 Å². The lowest BCUT2D eigenvalue weighted by atomic mass is 9.92. The molecule has 1 unspecified atom stereocenters. The Morgan fingerprint density at radius 1 is 1.22 bits per heavy atom. The second-order valence-corrected chi connectivity index (χ2v) is 5.22. The lowest BCUT2D eigenvalue weighted by Gasteiger charge is -2.21. The van der Waals surface area contributed by atoms with E-state index in [0.29, 0.717) is 6.10 Å². The smallest absolute Gasteiger partial charge is 0.120 e. The summed E-state index contributed by atoms with van der Waals surface area (Å²) >= 11 is 0. The van der Waals surface area contributed by atoms with Crippen LogP contribution < -0.4 is 10.1 Å². The van der Waals surface area contributed by atoms with Gasteiger partial charge in [0.05, 0.1) is 0 Å². The molecule has 100 valence electrons. The summed E-state index contributed by atoms with van der Waals surface area (Å²) in [6.07, 6.45) is 7.69. The summed E-state index contributed by atoms with van der Waals surface area (Å²) in [5.41, 5.74) is 3.02. The van der Waals surface area contributed by atoms with E-state index in [1.54, 1.807) is 0 Å². The van der Waals surface area contributed by atoms with Gasteiger partial charge in [0.15, 0.2) is 0 Å². The molecule has 0 radical (unpaired) electrons. The molecule has 2 heteroatoms. The van der Waals surface area contributed by atoms with E-state index in [2.05, 4.69) is 30.4 Å². The predicted octanol–water partition coefficient (Wildman–Crippen LogP) is 3.33. The topological polar surface area (TPSA) is 21.3 Å². The zero-order chi connectivity index (χ0) is 12.8. The van der Waals surface area contributed by atoms with Gasteiger partial charge >= 0.3 is 0 Å². The van der Waals surface area contributed by atoms with Crippen molar-refractivity contribution in [1.29, 1.82) is 0 Å². The minimum Gasteiger partial charge on any atom is -0.489 e.